The van der Waals surface area contributed by atoms with Gasteiger partial charge in [-0.3, -0.25) is 0 Å². The van der Waals surface area contributed by atoms with E-state index >= 15 is 0 Å². The van der Waals surface area contributed by atoms with Crippen molar-refractivity contribution in [1.29, 1.82) is 0 Å². The number of allylic oxidation sites excluding steroid dienone is 4. The van der Waals surface area contributed by atoms with Crippen molar-refractivity contribution in [3.8, 4) is 0 Å². The van der Waals surface area contributed by atoms with Crippen molar-refractivity contribution >= 4 is 7.85 Å². The molecule has 0 rings (SSSR count). The molecule has 0 aliphatic heterocycles. The lowest BCUT2D eigenvalue weighted by Gasteiger charge is -1.94. The lowest BCUT2D eigenvalue weighted by atomic mass is 9.96. The highest BCUT2D eigenvalue weighted by atomic mass is 14.5. The van der Waals surface area contributed by atoms with Gasteiger partial charge in [0.05, 0.1) is 0 Å². The van der Waals surface area contributed by atoms with Gasteiger partial charge in [0.1, 0.15) is 7.85 Å². The van der Waals surface area contributed by atoms with Crippen LogP contribution in [0.1, 0.15) is 0 Å². The van der Waals surface area contributed by atoms with Crippen molar-refractivity contribution in [2.45, 2.75) is 6.32 Å². The van der Waals surface area contributed by atoms with E-state index in [-0.39, 0.29) is 0 Å². The highest BCUT2D eigenvalue weighted by molar-refractivity contribution is 6.10. The van der Waals surface area contributed by atoms with Gasteiger partial charge in [-0.15, -0.1) is 0 Å². The maximum atomic E-state index is 5.44. The van der Waals surface area contributed by atoms with Gasteiger partial charge in [-0.1, -0.05) is 42.8 Å². The third-order valence-electron chi connectivity index (χ3n) is 1.30. The Morgan fingerprint density at radius 1 is 1.50 bits per heavy atom. The summed E-state index contributed by atoms with van der Waals surface area (Å²) in [7, 11) is 2.10. The molecule has 0 bridgehead atoms. The fourth-order valence-corrected chi connectivity index (χ4v) is 0.600. The van der Waals surface area contributed by atoms with Crippen LogP contribution in [0.25, 0.3) is 0 Å². The SMILES string of the molecule is BC/C(=C\C=C/C=C)CN. The summed E-state index contributed by atoms with van der Waals surface area (Å²) in [5, 5.41) is 0. The molecule has 0 amide bonds. The summed E-state index contributed by atoms with van der Waals surface area (Å²) in [6.07, 6.45) is 8.66. The Bertz CT molecular complexity index is 141. The minimum absolute atomic E-state index is 0.651. The molecule has 0 saturated carbocycles. The van der Waals surface area contributed by atoms with Gasteiger partial charge in [0, 0.05) is 6.54 Å². The summed E-state index contributed by atoms with van der Waals surface area (Å²) in [5.41, 5.74) is 6.70. The van der Waals surface area contributed by atoms with Gasteiger partial charge in [0.25, 0.3) is 0 Å². The zero-order chi connectivity index (χ0) is 7.82. The van der Waals surface area contributed by atoms with E-state index in [0.717, 1.165) is 6.32 Å². The summed E-state index contributed by atoms with van der Waals surface area (Å²) in [6, 6.07) is 0. The number of nitrogens with two attached hydrogens (primary N) is 1. The van der Waals surface area contributed by atoms with Crippen LogP contribution in [0.4, 0.5) is 0 Å². The molecule has 1 nitrogen and oxygen atoms in total. The maximum absolute atomic E-state index is 5.44. The van der Waals surface area contributed by atoms with Gasteiger partial charge < -0.3 is 5.73 Å². The van der Waals surface area contributed by atoms with Crippen LogP contribution < -0.4 is 5.73 Å². The van der Waals surface area contributed by atoms with E-state index in [9.17, 15) is 0 Å². The van der Waals surface area contributed by atoms with E-state index in [4.69, 9.17) is 5.73 Å². The van der Waals surface area contributed by atoms with Gasteiger partial charge in [-0.2, -0.15) is 0 Å². The van der Waals surface area contributed by atoms with Crippen molar-refractivity contribution in [3.05, 3.63) is 36.5 Å². The quantitative estimate of drug-likeness (QED) is 0.444. The van der Waals surface area contributed by atoms with Crippen LogP contribution in [0, 0.1) is 0 Å². The fourth-order valence-electron chi connectivity index (χ4n) is 0.600. The van der Waals surface area contributed by atoms with Crippen molar-refractivity contribution in [3.63, 3.8) is 0 Å². The standard InChI is InChI=1S/C8H14BN/c1-2-3-4-5-8(6-9)7-10/h2-5H,1,6-7,9-10H2/b4-3-,8-5+. The first-order valence-electron chi connectivity index (χ1n) is 3.52. The Balaban J connectivity index is 3.85. The summed E-state index contributed by atoms with van der Waals surface area (Å²) >= 11 is 0. The van der Waals surface area contributed by atoms with Crippen LogP contribution >= 0.6 is 0 Å². The predicted molar refractivity (Wildman–Crippen MR) is 49.8 cm³/mol. The van der Waals surface area contributed by atoms with Crippen LogP contribution in [0.2, 0.25) is 6.32 Å². The Labute approximate surface area is 63.7 Å². The molecule has 0 saturated heterocycles. The third kappa shape index (κ3) is 4.16. The van der Waals surface area contributed by atoms with Gasteiger partial charge in [-0.05, 0) is 0 Å². The summed E-state index contributed by atoms with van der Waals surface area (Å²) < 4.78 is 0. The molecule has 0 atom stereocenters. The maximum Gasteiger partial charge on any atom is 0.106 e. The average Bonchev–Trinajstić information content (AvgIpc) is 1.99. The Morgan fingerprint density at radius 3 is 2.60 bits per heavy atom. The molecule has 0 aromatic heterocycles. The topological polar surface area (TPSA) is 26.0 Å². The van der Waals surface area contributed by atoms with E-state index in [1.54, 1.807) is 6.08 Å². The molecule has 2 heteroatoms. The highest BCUT2D eigenvalue weighted by Gasteiger charge is 1.84. The Kier molecular flexibility index (Phi) is 5.89. The van der Waals surface area contributed by atoms with Gasteiger partial charge in [-0.25, -0.2) is 0 Å². The van der Waals surface area contributed by atoms with Gasteiger partial charge in [0.2, 0.25) is 0 Å². The summed E-state index contributed by atoms with van der Waals surface area (Å²) in [5.74, 6) is 0. The summed E-state index contributed by atoms with van der Waals surface area (Å²) in [4.78, 5) is 0. The average molecular weight is 135 g/mol. The molecular weight excluding hydrogens is 121 g/mol. The molecule has 0 spiro atoms. The minimum Gasteiger partial charge on any atom is -0.327 e. The Morgan fingerprint density at radius 2 is 2.20 bits per heavy atom. The molecule has 0 fully saturated rings. The van der Waals surface area contributed by atoms with E-state index in [1.807, 2.05) is 18.2 Å². The van der Waals surface area contributed by atoms with Crippen LogP contribution in [-0.2, 0) is 0 Å². The minimum atomic E-state index is 0.651. The lowest BCUT2D eigenvalue weighted by Crippen LogP contribution is -2.01. The monoisotopic (exact) mass is 135 g/mol. The lowest BCUT2D eigenvalue weighted by molar-refractivity contribution is 1.14. The van der Waals surface area contributed by atoms with Crippen LogP contribution in [-0.4, -0.2) is 14.4 Å². The zero-order valence-electron chi connectivity index (χ0n) is 6.51. The first-order chi connectivity index (χ1) is 4.85. The van der Waals surface area contributed by atoms with Crippen molar-refractivity contribution in [2.75, 3.05) is 6.54 Å². The van der Waals surface area contributed by atoms with Gasteiger partial charge in [0.15, 0.2) is 0 Å². The molecule has 0 radical (unpaired) electrons. The Hall–Kier alpha value is -0.755. The number of hydrogen-bond acceptors (Lipinski definition) is 1. The second kappa shape index (κ2) is 6.37. The molecule has 0 heterocycles. The van der Waals surface area contributed by atoms with E-state index in [1.165, 1.54) is 5.57 Å². The van der Waals surface area contributed by atoms with E-state index in [2.05, 4.69) is 14.4 Å². The fraction of sp³-hybridized carbons (Fsp3) is 0.250. The first kappa shape index (κ1) is 9.24. The predicted octanol–water partition coefficient (Wildman–Crippen LogP) is 0.665. The first-order valence-corrected chi connectivity index (χ1v) is 3.52. The van der Waals surface area contributed by atoms with Crippen molar-refractivity contribution < 1.29 is 0 Å². The summed E-state index contributed by atoms with van der Waals surface area (Å²) in [6.45, 7) is 4.21. The second-order valence-electron chi connectivity index (χ2n) is 2.00. The molecule has 10 heavy (non-hydrogen) atoms. The van der Waals surface area contributed by atoms with Crippen molar-refractivity contribution in [2.24, 2.45) is 5.73 Å². The normalized spacial score (nSPS) is 12.3. The number of hydrogen-bond donors (Lipinski definition) is 1. The van der Waals surface area contributed by atoms with Crippen molar-refractivity contribution in [1.82, 2.24) is 0 Å². The molecular formula is C8H14BN. The molecule has 0 aliphatic carbocycles. The molecule has 0 aromatic rings. The van der Waals surface area contributed by atoms with Crippen LogP contribution in [0.5, 0.6) is 0 Å². The van der Waals surface area contributed by atoms with Crippen LogP contribution in [0.15, 0.2) is 36.5 Å². The molecule has 0 aromatic carbocycles. The van der Waals surface area contributed by atoms with Gasteiger partial charge >= 0.3 is 0 Å². The molecule has 0 unspecified atom stereocenters. The largest absolute Gasteiger partial charge is 0.327 e. The van der Waals surface area contributed by atoms with E-state index < -0.39 is 0 Å². The smallest absolute Gasteiger partial charge is 0.106 e. The second-order valence-corrected chi connectivity index (χ2v) is 2.00. The third-order valence-corrected chi connectivity index (χ3v) is 1.30. The highest BCUT2D eigenvalue weighted by Crippen LogP contribution is 1.95. The molecule has 54 valence electrons. The van der Waals surface area contributed by atoms with Crippen LogP contribution in [0.3, 0.4) is 0 Å². The number of rotatable bonds is 4. The van der Waals surface area contributed by atoms with E-state index in [0.29, 0.717) is 6.54 Å². The molecule has 2 N–H and O–H groups in total. The zero-order valence-corrected chi connectivity index (χ0v) is 6.51. The molecule has 0 aliphatic rings.